The molecule has 5 nitrogen and oxygen atoms in total. The van der Waals surface area contributed by atoms with Crippen LogP contribution in [0.2, 0.25) is 0 Å². The number of carbonyl (C=O) groups excluding carboxylic acids is 2. The van der Waals surface area contributed by atoms with Gasteiger partial charge in [-0.15, -0.1) is 0 Å². The molecule has 188 valence electrons. The van der Waals surface area contributed by atoms with Crippen LogP contribution in [0.25, 0.3) is 0 Å². The second-order valence-electron chi connectivity index (χ2n) is 9.27. The standard InChI is InChI=1S/C30H33BrN2O3/c1-32-19-11-2-3-12-20-33(30(35)25-15-7-9-17-27(25)31)24(21-23-13-5-4-6-14-23)22-36-28-18-10-8-16-26(28)29(32)34/h4-10,13-18,24H,2-3,11-12,19-22H2,1H3/t24-/m1/s1. The van der Waals surface area contributed by atoms with Gasteiger partial charge < -0.3 is 14.5 Å². The number of halogens is 1. The molecule has 6 heteroatoms. The molecule has 0 fully saturated rings. The van der Waals surface area contributed by atoms with E-state index in [9.17, 15) is 9.59 Å². The minimum atomic E-state index is -0.198. The number of hydrogen-bond donors (Lipinski definition) is 0. The Kier molecular flexibility index (Phi) is 9.17. The van der Waals surface area contributed by atoms with Crippen LogP contribution >= 0.6 is 15.9 Å². The van der Waals surface area contributed by atoms with E-state index in [0.29, 0.717) is 43.0 Å². The first-order valence-electron chi connectivity index (χ1n) is 12.6. The van der Waals surface area contributed by atoms with Gasteiger partial charge in [0.15, 0.2) is 0 Å². The van der Waals surface area contributed by atoms with E-state index >= 15 is 0 Å². The second-order valence-corrected chi connectivity index (χ2v) is 10.1. The molecule has 1 atom stereocenters. The van der Waals surface area contributed by atoms with E-state index in [2.05, 4.69) is 28.1 Å². The van der Waals surface area contributed by atoms with Crippen molar-refractivity contribution < 1.29 is 14.3 Å². The van der Waals surface area contributed by atoms with Crippen LogP contribution in [0.15, 0.2) is 83.3 Å². The fourth-order valence-electron chi connectivity index (χ4n) is 4.63. The average Bonchev–Trinajstić information content (AvgIpc) is 2.90. The molecule has 0 radical (unpaired) electrons. The molecule has 2 amide bonds. The van der Waals surface area contributed by atoms with Gasteiger partial charge in [-0.05, 0) is 65.0 Å². The molecule has 36 heavy (non-hydrogen) atoms. The maximum atomic E-state index is 13.9. The summed E-state index contributed by atoms with van der Waals surface area (Å²) in [4.78, 5) is 30.8. The van der Waals surface area contributed by atoms with E-state index in [0.717, 1.165) is 35.7 Å². The lowest BCUT2D eigenvalue weighted by atomic mass is 10.0. The zero-order chi connectivity index (χ0) is 25.3. The normalized spacial score (nSPS) is 17.6. The van der Waals surface area contributed by atoms with E-state index in [1.165, 1.54) is 0 Å². The molecular formula is C30H33BrN2O3. The lowest BCUT2D eigenvalue weighted by Crippen LogP contribution is -2.46. The lowest BCUT2D eigenvalue weighted by molar-refractivity contribution is 0.0598. The van der Waals surface area contributed by atoms with Crippen LogP contribution in [0, 0.1) is 0 Å². The van der Waals surface area contributed by atoms with Crippen LogP contribution in [0.5, 0.6) is 5.75 Å². The van der Waals surface area contributed by atoms with E-state index in [1.807, 2.05) is 78.7 Å². The summed E-state index contributed by atoms with van der Waals surface area (Å²) in [7, 11) is 1.85. The van der Waals surface area contributed by atoms with Crippen molar-refractivity contribution in [2.45, 2.75) is 38.1 Å². The number of ether oxygens (including phenoxy) is 1. The number of carbonyl (C=O) groups is 2. The summed E-state index contributed by atoms with van der Waals surface area (Å²) in [6.07, 6.45) is 4.49. The van der Waals surface area contributed by atoms with Crippen molar-refractivity contribution in [2.75, 3.05) is 26.7 Å². The van der Waals surface area contributed by atoms with Crippen molar-refractivity contribution in [1.82, 2.24) is 9.80 Å². The minimum absolute atomic E-state index is 0.0109. The van der Waals surface area contributed by atoms with Crippen LogP contribution in [0.3, 0.4) is 0 Å². The molecule has 0 spiro atoms. The molecule has 3 aromatic carbocycles. The van der Waals surface area contributed by atoms with E-state index in [1.54, 1.807) is 4.90 Å². The zero-order valence-corrected chi connectivity index (χ0v) is 22.3. The number of benzene rings is 3. The summed E-state index contributed by atoms with van der Waals surface area (Å²) in [6, 6.07) is 25.0. The third-order valence-electron chi connectivity index (χ3n) is 6.66. The molecule has 0 saturated heterocycles. The minimum Gasteiger partial charge on any atom is -0.491 e. The molecule has 0 aromatic heterocycles. The van der Waals surface area contributed by atoms with Gasteiger partial charge in [0.1, 0.15) is 12.4 Å². The number of nitrogens with zero attached hydrogens (tertiary/aromatic N) is 2. The van der Waals surface area contributed by atoms with Crippen LogP contribution in [0.4, 0.5) is 0 Å². The molecule has 4 rings (SSSR count). The van der Waals surface area contributed by atoms with E-state index in [4.69, 9.17) is 4.74 Å². The highest BCUT2D eigenvalue weighted by Gasteiger charge is 2.28. The zero-order valence-electron chi connectivity index (χ0n) is 20.7. The Morgan fingerprint density at radius 1 is 0.889 bits per heavy atom. The van der Waals surface area contributed by atoms with E-state index < -0.39 is 0 Å². The maximum Gasteiger partial charge on any atom is 0.257 e. The Labute approximate surface area is 222 Å². The summed E-state index contributed by atoms with van der Waals surface area (Å²) < 4.78 is 7.11. The first-order valence-corrected chi connectivity index (χ1v) is 13.4. The molecule has 0 saturated carbocycles. The van der Waals surface area contributed by atoms with Gasteiger partial charge in [-0.1, -0.05) is 67.4 Å². The summed E-state index contributed by atoms with van der Waals surface area (Å²) in [5, 5.41) is 0. The van der Waals surface area contributed by atoms with Gasteiger partial charge in [0.05, 0.1) is 17.2 Å². The maximum absolute atomic E-state index is 13.9. The molecule has 1 heterocycles. The van der Waals surface area contributed by atoms with Gasteiger partial charge in [0, 0.05) is 24.6 Å². The van der Waals surface area contributed by atoms with Crippen molar-refractivity contribution in [3.8, 4) is 5.75 Å². The number of fused-ring (bicyclic) bond motifs is 1. The van der Waals surface area contributed by atoms with Crippen LogP contribution < -0.4 is 4.74 Å². The third-order valence-corrected chi connectivity index (χ3v) is 7.35. The predicted octanol–water partition coefficient (Wildman–Crippen LogP) is 6.23. The summed E-state index contributed by atoms with van der Waals surface area (Å²) in [5.74, 6) is 0.504. The Hall–Kier alpha value is -3.12. The van der Waals surface area contributed by atoms with Crippen LogP contribution in [-0.4, -0.2) is 54.4 Å². The molecule has 1 aliphatic heterocycles. The van der Waals surface area contributed by atoms with Crippen molar-refractivity contribution in [3.63, 3.8) is 0 Å². The first kappa shape index (κ1) is 26.0. The van der Waals surface area contributed by atoms with Gasteiger partial charge in [0.2, 0.25) is 0 Å². The number of rotatable bonds is 3. The van der Waals surface area contributed by atoms with Crippen molar-refractivity contribution in [2.24, 2.45) is 0 Å². The molecule has 0 unspecified atom stereocenters. The predicted molar refractivity (Wildman–Crippen MR) is 146 cm³/mol. The molecular weight excluding hydrogens is 516 g/mol. The largest absolute Gasteiger partial charge is 0.491 e. The SMILES string of the molecule is CN1CCCCCCN(C(=O)c2ccccc2Br)[C@H](Cc2ccccc2)COc2ccccc2C1=O. The fourth-order valence-corrected chi connectivity index (χ4v) is 5.09. The lowest BCUT2D eigenvalue weighted by Gasteiger charge is -2.33. The smallest absolute Gasteiger partial charge is 0.257 e. The number of amides is 2. The molecule has 3 aromatic rings. The second kappa shape index (κ2) is 12.7. The van der Waals surface area contributed by atoms with Gasteiger partial charge in [-0.25, -0.2) is 0 Å². The number of para-hydroxylation sites is 1. The average molecular weight is 550 g/mol. The van der Waals surface area contributed by atoms with Crippen LogP contribution in [0.1, 0.15) is 52.0 Å². The van der Waals surface area contributed by atoms with E-state index in [-0.39, 0.29) is 17.9 Å². The van der Waals surface area contributed by atoms with Gasteiger partial charge in [-0.3, -0.25) is 9.59 Å². The van der Waals surface area contributed by atoms with Crippen molar-refractivity contribution >= 4 is 27.7 Å². The number of hydrogen-bond acceptors (Lipinski definition) is 3. The third kappa shape index (κ3) is 6.55. The Morgan fingerprint density at radius 2 is 1.56 bits per heavy atom. The molecule has 0 bridgehead atoms. The quantitative estimate of drug-likeness (QED) is 0.390. The monoisotopic (exact) mass is 548 g/mol. The highest BCUT2D eigenvalue weighted by Crippen LogP contribution is 2.24. The highest BCUT2D eigenvalue weighted by molar-refractivity contribution is 9.10. The van der Waals surface area contributed by atoms with Crippen LogP contribution in [-0.2, 0) is 6.42 Å². The molecule has 1 aliphatic rings. The Bertz CT molecular complexity index is 1170. The molecule has 0 N–H and O–H groups in total. The fraction of sp³-hybridized carbons (Fsp3) is 0.333. The Morgan fingerprint density at radius 3 is 2.33 bits per heavy atom. The van der Waals surface area contributed by atoms with Gasteiger partial charge in [-0.2, -0.15) is 0 Å². The summed E-state index contributed by atoms with van der Waals surface area (Å²) in [6.45, 7) is 1.64. The summed E-state index contributed by atoms with van der Waals surface area (Å²) in [5.41, 5.74) is 2.34. The van der Waals surface area contributed by atoms with Crippen molar-refractivity contribution in [3.05, 3.63) is 100 Å². The van der Waals surface area contributed by atoms with Crippen molar-refractivity contribution in [1.29, 1.82) is 0 Å². The topological polar surface area (TPSA) is 49.9 Å². The summed E-state index contributed by atoms with van der Waals surface area (Å²) >= 11 is 3.57. The van der Waals surface area contributed by atoms with Gasteiger partial charge >= 0.3 is 0 Å². The van der Waals surface area contributed by atoms with Gasteiger partial charge in [0.25, 0.3) is 11.8 Å². The highest BCUT2D eigenvalue weighted by atomic mass is 79.9. The molecule has 0 aliphatic carbocycles. The first-order chi connectivity index (χ1) is 17.5. The Balaban J connectivity index is 1.70.